The molecule has 0 aliphatic carbocycles. The molecule has 0 saturated heterocycles. The van der Waals surface area contributed by atoms with Crippen LogP contribution in [0, 0.1) is 11.6 Å². The zero-order chi connectivity index (χ0) is 12.5. The van der Waals surface area contributed by atoms with Crippen LogP contribution in [0.25, 0.3) is 10.8 Å². The summed E-state index contributed by atoms with van der Waals surface area (Å²) in [7, 11) is 0. The summed E-state index contributed by atoms with van der Waals surface area (Å²) in [6, 6.07) is 15.8. The minimum atomic E-state index is -0.486. The molecule has 90 valence electrons. The first-order valence-electron chi connectivity index (χ1n) is 5.81. The quantitative estimate of drug-likeness (QED) is 0.475. The first-order valence-corrected chi connectivity index (χ1v) is 5.81. The van der Waals surface area contributed by atoms with Gasteiger partial charge in [-0.15, -0.1) is 40.6 Å². The molecule has 3 heteroatoms. The molecule has 0 spiro atoms. The SMILES string of the molecule is Fc1cccc(F)c1Cc1cc2ccccc2[cH-]1.[Li+]. The van der Waals surface area contributed by atoms with Crippen molar-refractivity contribution in [3.63, 3.8) is 0 Å². The molecule has 0 aromatic heterocycles. The van der Waals surface area contributed by atoms with Crippen molar-refractivity contribution in [2.24, 2.45) is 0 Å². The van der Waals surface area contributed by atoms with Crippen molar-refractivity contribution in [2.75, 3.05) is 0 Å². The van der Waals surface area contributed by atoms with Crippen LogP contribution in [0.4, 0.5) is 8.78 Å². The Morgan fingerprint density at radius 3 is 2.26 bits per heavy atom. The van der Waals surface area contributed by atoms with Gasteiger partial charge in [0.15, 0.2) is 0 Å². The van der Waals surface area contributed by atoms with Crippen molar-refractivity contribution in [2.45, 2.75) is 6.42 Å². The van der Waals surface area contributed by atoms with Crippen LogP contribution >= 0.6 is 0 Å². The minimum Gasteiger partial charge on any atom is -0.207 e. The van der Waals surface area contributed by atoms with Gasteiger partial charge in [0.05, 0.1) is 0 Å². The standard InChI is InChI=1S/C16H11F2.Li/c17-15-6-3-7-16(18)14(15)10-11-8-12-4-1-2-5-13(12)9-11;/h1-9H,10H2;/q-1;+1. The molecule has 0 aliphatic heterocycles. The molecule has 0 bridgehead atoms. The van der Waals surface area contributed by atoms with E-state index in [0.29, 0.717) is 0 Å². The van der Waals surface area contributed by atoms with Crippen LogP contribution in [0.1, 0.15) is 11.1 Å². The average Bonchev–Trinajstić information content (AvgIpc) is 2.76. The van der Waals surface area contributed by atoms with Crippen LogP contribution in [0.3, 0.4) is 0 Å². The molecule has 3 aromatic rings. The van der Waals surface area contributed by atoms with Gasteiger partial charge < -0.3 is 0 Å². The summed E-state index contributed by atoms with van der Waals surface area (Å²) in [6.45, 7) is 0. The van der Waals surface area contributed by atoms with Crippen LogP contribution in [0.2, 0.25) is 0 Å². The van der Waals surface area contributed by atoms with Gasteiger partial charge in [-0.3, -0.25) is 0 Å². The summed E-state index contributed by atoms with van der Waals surface area (Å²) >= 11 is 0. The monoisotopic (exact) mass is 248 g/mol. The molecular formula is C16H11F2Li. The fourth-order valence-electron chi connectivity index (χ4n) is 2.22. The van der Waals surface area contributed by atoms with Crippen molar-refractivity contribution in [1.29, 1.82) is 0 Å². The molecule has 3 rings (SSSR count). The van der Waals surface area contributed by atoms with Crippen molar-refractivity contribution >= 4 is 10.8 Å². The minimum absolute atomic E-state index is 0. The molecule has 19 heavy (non-hydrogen) atoms. The Balaban J connectivity index is 0.00000133. The molecule has 0 unspecified atom stereocenters. The summed E-state index contributed by atoms with van der Waals surface area (Å²) < 4.78 is 27.1. The Hall–Kier alpha value is -1.49. The zero-order valence-corrected chi connectivity index (χ0v) is 10.7. The van der Waals surface area contributed by atoms with Gasteiger partial charge in [0, 0.05) is 5.56 Å². The predicted octanol–water partition coefficient (Wildman–Crippen LogP) is 1.43. The maximum absolute atomic E-state index is 13.6. The first-order chi connectivity index (χ1) is 8.74. The normalized spacial score (nSPS) is 10.4. The molecule has 0 amide bonds. The van der Waals surface area contributed by atoms with E-state index in [1.807, 2.05) is 36.4 Å². The van der Waals surface area contributed by atoms with Gasteiger partial charge in [-0.1, -0.05) is 12.1 Å². The van der Waals surface area contributed by atoms with Crippen molar-refractivity contribution in [3.8, 4) is 0 Å². The van der Waals surface area contributed by atoms with Gasteiger partial charge in [0.2, 0.25) is 0 Å². The Kier molecular flexibility index (Phi) is 4.14. The van der Waals surface area contributed by atoms with Crippen LogP contribution < -0.4 is 18.9 Å². The summed E-state index contributed by atoms with van der Waals surface area (Å²) in [5.74, 6) is -0.972. The topological polar surface area (TPSA) is 0 Å². The van der Waals surface area contributed by atoms with E-state index in [2.05, 4.69) is 0 Å². The van der Waals surface area contributed by atoms with E-state index in [0.717, 1.165) is 16.3 Å². The van der Waals surface area contributed by atoms with E-state index in [4.69, 9.17) is 0 Å². The van der Waals surface area contributed by atoms with Gasteiger partial charge in [0.1, 0.15) is 11.6 Å². The third kappa shape index (κ3) is 2.76. The van der Waals surface area contributed by atoms with E-state index in [-0.39, 0.29) is 30.8 Å². The van der Waals surface area contributed by atoms with Crippen LogP contribution in [0.15, 0.2) is 54.6 Å². The largest absolute Gasteiger partial charge is 1.00 e. The van der Waals surface area contributed by atoms with Crippen LogP contribution in [-0.2, 0) is 6.42 Å². The Bertz CT molecular complexity index is 648. The van der Waals surface area contributed by atoms with Crippen LogP contribution in [0.5, 0.6) is 0 Å². The Morgan fingerprint density at radius 1 is 0.895 bits per heavy atom. The number of fused-ring (bicyclic) bond motifs is 1. The number of benzene rings is 2. The van der Waals surface area contributed by atoms with Gasteiger partial charge in [-0.25, -0.2) is 8.78 Å². The van der Waals surface area contributed by atoms with E-state index in [1.165, 1.54) is 18.2 Å². The van der Waals surface area contributed by atoms with E-state index in [9.17, 15) is 8.78 Å². The fraction of sp³-hybridized carbons (Fsp3) is 0.0625. The molecule has 3 aromatic carbocycles. The van der Waals surface area contributed by atoms with E-state index < -0.39 is 11.6 Å². The van der Waals surface area contributed by atoms with Crippen LogP contribution in [-0.4, -0.2) is 0 Å². The van der Waals surface area contributed by atoms with E-state index >= 15 is 0 Å². The summed E-state index contributed by atoms with van der Waals surface area (Å²) in [4.78, 5) is 0. The summed E-state index contributed by atoms with van der Waals surface area (Å²) in [5.41, 5.74) is 1.06. The average molecular weight is 248 g/mol. The first kappa shape index (κ1) is 13.9. The smallest absolute Gasteiger partial charge is 0.207 e. The molecule has 0 N–H and O–H groups in total. The number of hydrogen-bond acceptors (Lipinski definition) is 0. The number of rotatable bonds is 2. The van der Waals surface area contributed by atoms with Crippen molar-refractivity contribution < 1.29 is 27.6 Å². The zero-order valence-electron chi connectivity index (χ0n) is 10.7. The molecule has 0 atom stereocenters. The van der Waals surface area contributed by atoms with Gasteiger partial charge in [0.25, 0.3) is 0 Å². The second-order valence-corrected chi connectivity index (χ2v) is 4.37. The maximum Gasteiger partial charge on any atom is 1.00 e. The third-order valence-corrected chi connectivity index (χ3v) is 3.12. The van der Waals surface area contributed by atoms with Crippen molar-refractivity contribution in [1.82, 2.24) is 0 Å². The van der Waals surface area contributed by atoms with Gasteiger partial charge in [-0.2, -0.15) is 6.07 Å². The van der Waals surface area contributed by atoms with Crippen molar-refractivity contribution in [3.05, 3.63) is 77.4 Å². The molecule has 0 fully saturated rings. The second kappa shape index (κ2) is 5.65. The molecule has 0 saturated carbocycles. The molecule has 0 heterocycles. The summed E-state index contributed by atoms with van der Waals surface area (Å²) in [5, 5.41) is 2.20. The third-order valence-electron chi connectivity index (χ3n) is 3.12. The molecular weight excluding hydrogens is 237 g/mol. The molecule has 0 aliphatic rings. The molecule has 0 nitrogen and oxygen atoms in total. The summed E-state index contributed by atoms with van der Waals surface area (Å²) in [6.07, 6.45) is 0.285. The Morgan fingerprint density at radius 2 is 1.58 bits per heavy atom. The second-order valence-electron chi connectivity index (χ2n) is 4.37. The fourth-order valence-corrected chi connectivity index (χ4v) is 2.22. The van der Waals surface area contributed by atoms with E-state index in [1.54, 1.807) is 0 Å². The Labute approximate surface area is 122 Å². The number of halogens is 2. The predicted molar refractivity (Wildman–Crippen MR) is 68.7 cm³/mol. The number of hydrogen-bond donors (Lipinski definition) is 0. The maximum atomic E-state index is 13.6. The van der Waals surface area contributed by atoms with Gasteiger partial charge in [-0.05, 0) is 18.6 Å². The van der Waals surface area contributed by atoms with Gasteiger partial charge >= 0.3 is 18.9 Å². The molecule has 0 radical (unpaired) electrons.